The lowest BCUT2D eigenvalue weighted by atomic mass is 10.2. The van der Waals surface area contributed by atoms with E-state index in [0.29, 0.717) is 5.75 Å². The minimum absolute atomic E-state index is 0.0414. The second kappa shape index (κ2) is 9.32. The molecule has 2 rings (SSSR count). The highest BCUT2D eigenvalue weighted by Crippen LogP contribution is 2.28. The third-order valence-corrected chi connectivity index (χ3v) is 6.31. The van der Waals surface area contributed by atoms with E-state index < -0.39 is 22.5 Å². The van der Waals surface area contributed by atoms with Gasteiger partial charge in [0.25, 0.3) is 5.91 Å². The number of rotatable bonds is 7. The van der Waals surface area contributed by atoms with Crippen molar-refractivity contribution in [3.8, 4) is 5.75 Å². The number of ether oxygens (including phenoxy) is 1. The first-order valence-electron chi connectivity index (χ1n) is 7.62. The Labute approximate surface area is 171 Å². The molecule has 0 aromatic heterocycles. The summed E-state index contributed by atoms with van der Waals surface area (Å²) >= 11 is 9.34. The van der Waals surface area contributed by atoms with Crippen LogP contribution in [0.4, 0.5) is 0 Å². The lowest BCUT2D eigenvalue weighted by Gasteiger charge is -2.16. The highest BCUT2D eigenvalue weighted by Gasteiger charge is 2.23. The molecule has 27 heavy (non-hydrogen) atoms. The monoisotopic (exact) mass is 473 g/mol. The van der Waals surface area contributed by atoms with E-state index in [9.17, 15) is 13.2 Å². The molecule has 0 bridgehead atoms. The lowest BCUT2D eigenvalue weighted by Crippen LogP contribution is -2.36. The summed E-state index contributed by atoms with van der Waals surface area (Å²) in [6, 6.07) is 11.4. The van der Waals surface area contributed by atoms with Crippen molar-refractivity contribution in [1.29, 1.82) is 0 Å². The first-order chi connectivity index (χ1) is 12.8. The standard InChI is InChI=1S/C17H17BrClN3O4S/c1-22(27(24,25)13-7-8-16(26-2)15(19)9-13)11-17(23)21-20-10-12-5-3-4-6-14(12)18/h3-10H,11H2,1-2H3,(H,21,23)/b20-10-. The van der Waals surface area contributed by atoms with Crippen molar-refractivity contribution >= 4 is 49.7 Å². The maximum Gasteiger partial charge on any atom is 0.255 e. The van der Waals surface area contributed by atoms with Gasteiger partial charge in [-0.3, -0.25) is 4.79 Å². The molecule has 0 atom stereocenters. The van der Waals surface area contributed by atoms with E-state index in [1.807, 2.05) is 24.3 Å². The molecule has 0 spiro atoms. The number of benzene rings is 2. The molecule has 2 aromatic carbocycles. The number of nitrogens with one attached hydrogen (secondary N) is 1. The molecule has 0 unspecified atom stereocenters. The van der Waals surface area contributed by atoms with Crippen LogP contribution >= 0.6 is 27.5 Å². The quantitative estimate of drug-likeness (QED) is 0.494. The summed E-state index contributed by atoms with van der Waals surface area (Å²) in [6.07, 6.45) is 1.46. The summed E-state index contributed by atoms with van der Waals surface area (Å²) in [4.78, 5) is 11.9. The van der Waals surface area contributed by atoms with Gasteiger partial charge in [0.2, 0.25) is 10.0 Å². The number of carbonyl (C=O) groups excluding carboxylic acids is 1. The van der Waals surface area contributed by atoms with Gasteiger partial charge in [-0.1, -0.05) is 45.7 Å². The molecule has 0 saturated heterocycles. The number of halogens is 2. The highest BCUT2D eigenvalue weighted by molar-refractivity contribution is 9.10. The van der Waals surface area contributed by atoms with Crippen LogP contribution in [-0.4, -0.2) is 45.5 Å². The van der Waals surface area contributed by atoms with Gasteiger partial charge in [0.05, 0.1) is 29.8 Å². The van der Waals surface area contributed by atoms with Gasteiger partial charge < -0.3 is 4.74 Å². The van der Waals surface area contributed by atoms with Gasteiger partial charge in [-0.2, -0.15) is 9.41 Å². The van der Waals surface area contributed by atoms with Crippen molar-refractivity contribution in [3.63, 3.8) is 0 Å². The van der Waals surface area contributed by atoms with Crippen LogP contribution in [0.5, 0.6) is 5.75 Å². The van der Waals surface area contributed by atoms with Crippen LogP contribution in [0.2, 0.25) is 5.02 Å². The number of methoxy groups -OCH3 is 1. The van der Waals surface area contributed by atoms with Crippen LogP contribution in [0.25, 0.3) is 0 Å². The fourth-order valence-corrected chi connectivity index (χ4v) is 3.93. The van der Waals surface area contributed by atoms with Gasteiger partial charge in [0.1, 0.15) is 5.75 Å². The average molecular weight is 475 g/mol. The Morgan fingerprint density at radius 1 is 1.33 bits per heavy atom. The lowest BCUT2D eigenvalue weighted by molar-refractivity contribution is -0.121. The van der Waals surface area contributed by atoms with E-state index in [1.165, 1.54) is 38.6 Å². The number of hydrogen-bond acceptors (Lipinski definition) is 5. The number of sulfonamides is 1. The Bertz CT molecular complexity index is 966. The summed E-state index contributed by atoms with van der Waals surface area (Å²) in [6.45, 7) is -0.403. The molecule has 0 aliphatic heterocycles. The first-order valence-corrected chi connectivity index (χ1v) is 10.2. The maximum atomic E-state index is 12.6. The summed E-state index contributed by atoms with van der Waals surface area (Å²) < 4.78 is 31.9. The van der Waals surface area contributed by atoms with Gasteiger partial charge in [0, 0.05) is 17.1 Å². The van der Waals surface area contributed by atoms with Gasteiger partial charge in [-0.05, 0) is 24.3 Å². The number of likely N-dealkylation sites (N-methyl/N-ethyl adjacent to an activating group) is 1. The fourth-order valence-electron chi connectivity index (χ4n) is 2.06. The molecule has 144 valence electrons. The van der Waals surface area contributed by atoms with Crippen molar-refractivity contribution in [1.82, 2.24) is 9.73 Å². The van der Waals surface area contributed by atoms with Crippen molar-refractivity contribution in [2.24, 2.45) is 5.10 Å². The Kier molecular flexibility index (Phi) is 7.37. The molecule has 7 nitrogen and oxygen atoms in total. The molecule has 1 N–H and O–H groups in total. The van der Waals surface area contributed by atoms with E-state index in [1.54, 1.807) is 0 Å². The SMILES string of the molecule is COc1ccc(S(=O)(=O)N(C)CC(=O)N/N=C\c2ccccc2Br)cc1Cl. The Morgan fingerprint density at radius 3 is 2.67 bits per heavy atom. The molecule has 0 heterocycles. The van der Waals surface area contributed by atoms with Crippen LogP contribution < -0.4 is 10.2 Å². The van der Waals surface area contributed by atoms with Crippen LogP contribution in [0.1, 0.15) is 5.56 Å². The summed E-state index contributed by atoms with van der Waals surface area (Å²) in [5, 5.41) is 3.99. The van der Waals surface area contributed by atoms with Crippen LogP contribution in [-0.2, 0) is 14.8 Å². The molecular formula is C17H17BrClN3O4S. The van der Waals surface area contributed by atoms with Crippen LogP contribution in [0.15, 0.2) is 56.9 Å². The zero-order valence-corrected chi connectivity index (χ0v) is 17.7. The number of hydrogen-bond donors (Lipinski definition) is 1. The molecule has 0 saturated carbocycles. The summed E-state index contributed by atoms with van der Waals surface area (Å²) in [5.41, 5.74) is 3.07. The second-order valence-electron chi connectivity index (χ2n) is 5.37. The highest BCUT2D eigenvalue weighted by atomic mass is 79.9. The summed E-state index contributed by atoms with van der Waals surface area (Å²) in [7, 11) is -1.17. The van der Waals surface area contributed by atoms with Crippen LogP contribution in [0.3, 0.4) is 0 Å². The molecule has 0 aliphatic rings. The number of hydrazone groups is 1. The number of nitrogens with zero attached hydrogens (tertiary/aromatic N) is 2. The third-order valence-electron chi connectivity index (χ3n) is 3.50. The second-order valence-corrected chi connectivity index (χ2v) is 8.68. The van der Waals surface area contributed by atoms with E-state index in [-0.39, 0.29) is 9.92 Å². The minimum Gasteiger partial charge on any atom is -0.495 e. The molecule has 0 fully saturated rings. The van der Waals surface area contributed by atoms with Crippen LogP contribution in [0, 0.1) is 0 Å². The predicted octanol–water partition coefficient (Wildman–Crippen LogP) is 2.88. The maximum absolute atomic E-state index is 12.6. The van der Waals surface area contributed by atoms with Gasteiger partial charge in [-0.25, -0.2) is 13.8 Å². The van der Waals surface area contributed by atoms with E-state index in [0.717, 1.165) is 14.3 Å². The smallest absolute Gasteiger partial charge is 0.255 e. The number of carbonyl (C=O) groups is 1. The van der Waals surface area contributed by atoms with Crippen molar-refractivity contribution < 1.29 is 17.9 Å². The Morgan fingerprint density at radius 2 is 2.04 bits per heavy atom. The zero-order chi connectivity index (χ0) is 20.0. The predicted molar refractivity (Wildman–Crippen MR) is 108 cm³/mol. The number of amides is 1. The normalized spacial score (nSPS) is 11.7. The van der Waals surface area contributed by atoms with Gasteiger partial charge >= 0.3 is 0 Å². The van der Waals surface area contributed by atoms with Gasteiger partial charge in [-0.15, -0.1) is 0 Å². The summed E-state index contributed by atoms with van der Waals surface area (Å²) in [5.74, 6) is -0.221. The molecule has 1 amide bonds. The van der Waals surface area contributed by atoms with E-state index >= 15 is 0 Å². The van der Waals surface area contributed by atoms with Crippen molar-refractivity contribution in [2.45, 2.75) is 4.90 Å². The Balaban J connectivity index is 2.02. The first kappa shape index (κ1) is 21.4. The third kappa shape index (κ3) is 5.52. The van der Waals surface area contributed by atoms with E-state index in [2.05, 4.69) is 26.5 Å². The minimum atomic E-state index is -3.89. The largest absolute Gasteiger partial charge is 0.495 e. The van der Waals surface area contributed by atoms with E-state index in [4.69, 9.17) is 16.3 Å². The molecule has 0 radical (unpaired) electrons. The molecule has 10 heteroatoms. The fraction of sp³-hybridized carbons (Fsp3) is 0.176. The topological polar surface area (TPSA) is 88.1 Å². The Hall–Kier alpha value is -1.94. The van der Waals surface area contributed by atoms with Gasteiger partial charge in [0.15, 0.2) is 0 Å². The average Bonchev–Trinajstić information content (AvgIpc) is 2.63. The molecule has 2 aromatic rings. The zero-order valence-electron chi connectivity index (χ0n) is 14.5. The molecular weight excluding hydrogens is 458 g/mol. The van der Waals surface area contributed by atoms with Crippen molar-refractivity contribution in [2.75, 3.05) is 20.7 Å². The molecule has 0 aliphatic carbocycles. The van der Waals surface area contributed by atoms with Crippen molar-refractivity contribution in [3.05, 3.63) is 57.5 Å².